The summed E-state index contributed by atoms with van der Waals surface area (Å²) in [6.45, 7) is 1.55. The topological polar surface area (TPSA) is 215 Å². The number of ketones is 4. The lowest BCUT2D eigenvalue weighted by atomic mass is 9.49. The zero-order valence-corrected chi connectivity index (χ0v) is 19.0. The minimum atomic E-state index is -3.05. The number of carbonyl (C=O) groups excluding carboxylic acids is 5. The molecule has 0 saturated heterocycles. The molecule has 35 heavy (non-hydrogen) atoms. The van der Waals surface area contributed by atoms with Gasteiger partial charge in [-0.05, 0) is 37.6 Å². The third kappa shape index (κ3) is 2.97. The number of rotatable bonds is 3. The Morgan fingerprint density at radius 2 is 1.83 bits per heavy atom. The van der Waals surface area contributed by atoms with Gasteiger partial charge in [-0.25, -0.2) is 0 Å². The van der Waals surface area contributed by atoms with Gasteiger partial charge in [0.15, 0.2) is 34.7 Å². The Hall–Kier alpha value is -3.73. The van der Waals surface area contributed by atoms with Gasteiger partial charge in [0, 0.05) is 11.5 Å². The molecule has 1 amide bonds. The Bertz CT molecular complexity index is 1240. The van der Waals surface area contributed by atoms with Crippen molar-refractivity contribution in [2.45, 2.75) is 30.6 Å². The number of diazo groups is 1. The molecular formula is C22H24N5O8+. The van der Waals surface area contributed by atoms with E-state index in [0.717, 1.165) is 6.07 Å². The molecule has 6 N–H and O–H groups in total. The number of fused-ring (bicyclic) bond motifs is 3. The second-order valence-electron chi connectivity index (χ2n) is 9.50. The average Bonchev–Trinajstić information content (AvgIpc) is 2.77. The molecule has 2 unspecified atom stereocenters. The molecule has 4 rings (SSSR count). The van der Waals surface area contributed by atoms with Crippen LogP contribution in [-0.2, 0) is 19.2 Å². The predicted octanol–water partition coefficient (Wildman–Crippen LogP) is -1.42. The quantitative estimate of drug-likeness (QED) is 0.145. The molecule has 0 aromatic heterocycles. The van der Waals surface area contributed by atoms with Crippen LogP contribution in [0.25, 0.3) is 5.08 Å². The van der Waals surface area contributed by atoms with Crippen LogP contribution < -0.4 is 11.2 Å². The number of hydrogen-bond donors (Lipinski definition) is 5. The summed E-state index contributed by atoms with van der Waals surface area (Å²) in [6.07, 6.45) is -1.75. The van der Waals surface area contributed by atoms with Crippen molar-refractivity contribution in [2.75, 3.05) is 19.5 Å². The number of aromatic hydroxyl groups is 1. The van der Waals surface area contributed by atoms with Crippen molar-refractivity contribution in [1.29, 1.82) is 5.39 Å². The maximum absolute atomic E-state index is 13.8. The fourth-order valence-electron chi connectivity index (χ4n) is 6.22. The number of phenols is 1. The summed E-state index contributed by atoms with van der Waals surface area (Å²) in [7, 11) is 2.82. The van der Waals surface area contributed by atoms with Crippen LogP contribution in [0.3, 0.4) is 0 Å². The highest BCUT2D eigenvalue weighted by molar-refractivity contribution is 6.32. The van der Waals surface area contributed by atoms with E-state index in [1.54, 1.807) is 6.92 Å². The number of nitrogens with two attached hydrogens (primary N) is 1. The van der Waals surface area contributed by atoms with Gasteiger partial charge in [-0.2, -0.15) is 0 Å². The number of likely N-dealkylation sites (N-methyl/N-ethyl adjacent to an activating group) is 1. The highest BCUT2D eigenvalue weighted by Crippen LogP contribution is 2.55. The van der Waals surface area contributed by atoms with Crippen LogP contribution in [-0.4, -0.2) is 81.1 Å². The molecule has 3 aliphatic rings. The third-order valence-electron chi connectivity index (χ3n) is 7.64. The van der Waals surface area contributed by atoms with Gasteiger partial charge in [0.05, 0.1) is 29.5 Å². The molecular weight excluding hydrogens is 462 g/mol. The van der Waals surface area contributed by atoms with Crippen molar-refractivity contribution in [3.05, 3.63) is 28.3 Å². The van der Waals surface area contributed by atoms with Crippen molar-refractivity contribution < 1.29 is 39.3 Å². The number of aliphatic hydroxyl groups excluding tert-OH is 1. The molecule has 0 spiro atoms. The normalized spacial score (nSPS) is 36.2. The van der Waals surface area contributed by atoms with Gasteiger partial charge in [-0.1, -0.05) is 6.92 Å². The predicted molar refractivity (Wildman–Crippen MR) is 116 cm³/mol. The van der Waals surface area contributed by atoms with E-state index < -0.39 is 82.1 Å². The first-order valence-corrected chi connectivity index (χ1v) is 10.8. The van der Waals surface area contributed by atoms with Crippen molar-refractivity contribution in [3.63, 3.8) is 0 Å². The van der Waals surface area contributed by atoms with Crippen molar-refractivity contribution in [3.8, 4) is 5.75 Å². The van der Waals surface area contributed by atoms with Crippen LogP contribution in [0.5, 0.6) is 5.75 Å². The standard InChI is InChI=1S/C22H23N5O8/c1-6-9-7(25-26-24)4-5-8(28)11(9)16(29)12-10(6)17(30)14-15(27(2)3)18(31)13(21(23)34)20(33)22(14,35)19(12)32/h4-6,10,12-15,17,24,30,35H,1-3H3,(H2,23,34)/p+1/t6-,10+,12?,13?,14+,15-,17-,22-/m0/s1. The van der Waals surface area contributed by atoms with Gasteiger partial charge < -0.3 is 21.1 Å². The molecule has 0 radical (unpaired) electrons. The zero-order chi connectivity index (χ0) is 26.1. The first kappa shape index (κ1) is 24.4. The lowest BCUT2D eigenvalue weighted by Gasteiger charge is -2.56. The Balaban J connectivity index is 1.98. The number of primary amides is 1. The fraction of sp³-hybridized carbons (Fsp3) is 0.500. The second-order valence-corrected chi connectivity index (χ2v) is 9.50. The molecule has 184 valence electrons. The maximum Gasteiger partial charge on any atom is 0.308 e. The van der Waals surface area contributed by atoms with Crippen molar-refractivity contribution >= 4 is 34.7 Å². The van der Waals surface area contributed by atoms with Crippen LogP contribution in [0.4, 0.5) is 5.69 Å². The summed E-state index contributed by atoms with van der Waals surface area (Å²) in [4.78, 5) is 66.9. The van der Waals surface area contributed by atoms with E-state index in [1.165, 1.54) is 25.1 Å². The van der Waals surface area contributed by atoms with Gasteiger partial charge in [0.2, 0.25) is 5.91 Å². The van der Waals surface area contributed by atoms with Gasteiger partial charge in [-0.3, -0.25) is 28.9 Å². The monoisotopic (exact) mass is 486 g/mol. The van der Waals surface area contributed by atoms with Gasteiger partial charge in [0.1, 0.15) is 11.4 Å². The Kier molecular flexibility index (Phi) is 5.51. The number of carbonyl (C=O) groups is 5. The number of nitrogens with one attached hydrogen (secondary N) is 1. The van der Waals surface area contributed by atoms with Gasteiger partial charge in [0.25, 0.3) is 5.39 Å². The van der Waals surface area contributed by atoms with Crippen LogP contribution >= 0.6 is 0 Å². The van der Waals surface area contributed by atoms with Crippen LogP contribution in [0.2, 0.25) is 0 Å². The Morgan fingerprint density at radius 1 is 1.20 bits per heavy atom. The summed E-state index contributed by atoms with van der Waals surface area (Å²) in [5, 5.41) is 45.3. The average molecular weight is 486 g/mol. The summed E-state index contributed by atoms with van der Waals surface area (Å²) in [6, 6.07) is 1.01. The number of hydrogen-bond acceptors (Lipinski definition) is 11. The third-order valence-corrected chi connectivity index (χ3v) is 7.64. The number of nitrogens with zero attached hydrogens (tertiary/aromatic N) is 3. The van der Waals surface area contributed by atoms with Crippen molar-refractivity contribution in [1.82, 2.24) is 4.90 Å². The number of benzene rings is 1. The largest absolute Gasteiger partial charge is 0.507 e. The molecule has 0 aliphatic heterocycles. The number of phenolic OH excluding ortho intramolecular Hbond substituents is 1. The molecule has 3 aliphatic carbocycles. The van der Waals surface area contributed by atoms with Crippen molar-refractivity contribution in [2.24, 2.45) is 29.4 Å². The van der Waals surface area contributed by atoms with E-state index in [0.29, 0.717) is 0 Å². The van der Waals surface area contributed by atoms with E-state index in [1.807, 2.05) is 0 Å². The fourth-order valence-corrected chi connectivity index (χ4v) is 6.22. The first-order chi connectivity index (χ1) is 16.3. The molecule has 1 aromatic rings. The van der Waals surface area contributed by atoms with Gasteiger partial charge >= 0.3 is 5.08 Å². The minimum absolute atomic E-state index is 0.119. The summed E-state index contributed by atoms with van der Waals surface area (Å²) >= 11 is 0. The van der Waals surface area contributed by atoms with Crippen LogP contribution in [0, 0.1) is 29.1 Å². The lowest BCUT2D eigenvalue weighted by Crippen LogP contribution is -2.77. The Morgan fingerprint density at radius 3 is 2.37 bits per heavy atom. The summed E-state index contributed by atoms with van der Waals surface area (Å²) in [5.74, 6) is -14.2. The Labute approximate surface area is 198 Å². The number of Topliss-reactive ketones (excluding diaryl/α,β-unsaturated/α-hetero) is 4. The molecule has 0 heterocycles. The molecule has 8 atom stereocenters. The highest BCUT2D eigenvalue weighted by atomic mass is 16.3. The van der Waals surface area contributed by atoms with Crippen LogP contribution in [0.15, 0.2) is 12.1 Å². The van der Waals surface area contributed by atoms with E-state index in [4.69, 9.17) is 11.1 Å². The SMILES string of the molecule is C[C@H]1c2c(N[N+]#N)ccc(O)c2C(=O)C2C(=O)[C@]3(O)C(=O)C(C(N)=O)C(=O)[C@@H](N(C)C)[C@@H]3[C@@H](O)[C@@H]21. The minimum Gasteiger partial charge on any atom is -0.507 e. The highest BCUT2D eigenvalue weighted by Gasteiger charge is 2.73. The van der Waals surface area contributed by atoms with Crippen LogP contribution in [0.1, 0.15) is 28.8 Å². The zero-order valence-electron chi connectivity index (χ0n) is 19.0. The summed E-state index contributed by atoms with van der Waals surface area (Å²) in [5.41, 5.74) is 4.47. The first-order valence-electron chi connectivity index (χ1n) is 10.8. The van der Waals surface area contributed by atoms with E-state index in [9.17, 15) is 39.3 Å². The van der Waals surface area contributed by atoms with E-state index in [-0.39, 0.29) is 16.8 Å². The number of anilines is 1. The number of aliphatic hydroxyl groups is 2. The maximum atomic E-state index is 13.8. The van der Waals surface area contributed by atoms with Gasteiger partial charge in [-0.15, -0.1) is 0 Å². The molecule has 13 heteroatoms. The van der Waals surface area contributed by atoms with E-state index in [2.05, 4.69) is 10.5 Å². The van der Waals surface area contributed by atoms with E-state index >= 15 is 0 Å². The number of amides is 1. The molecule has 2 fully saturated rings. The smallest absolute Gasteiger partial charge is 0.308 e. The second kappa shape index (κ2) is 7.91. The molecule has 13 nitrogen and oxygen atoms in total. The molecule has 0 bridgehead atoms. The lowest BCUT2D eigenvalue weighted by molar-refractivity contribution is -0.196. The molecule has 1 aromatic carbocycles. The molecule has 2 saturated carbocycles. The summed E-state index contributed by atoms with van der Waals surface area (Å²) < 4.78 is 0.